The first-order valence-corrected chi connectivity index (χ1v) is 7.14. The molecule has 1 unspecified atom stereocenters. The van der Waals surface area contributed by atoms with Gasteiger partial charge in [0.05, 0.1) is 0 Å². The maximum absolute atomic E-state index is 5.47. The molecule has 1 heterocycles. The van der Waals surface area contributed by atoms with Crippen molar-refractivity contribution < 1.29 is 4.74 Å². The van der Waals surface area contributed by atoms with Crippen molar-refractivity contribution in [1.82, 2.24) is 5.32 Å². The third kappa shape index (κ3) is 4.06. The molecule has 1 N–H and O–H groups in total. The number of nitrogens with one attached hydrogen (secondary N) is 1. The summed E-state index contributed by atoms with van der Waals surface area (Å²) < 4.78 is 5.47. The molecule has 0 saturated carbocycles. The van der Waals surface area contributed by atoms with E-state index in [1.807, 2.05) is 0 Å². The van der Waals surface area contributed by atoms with Crippen LogP contribution in [0.4, 0.5) is 0 Å². The van der Waals surface area contributed by atoms with Gasteiger partial charge in [-0.15, -0.1) is 0 Å². The van der Waals surface area contributed by atoms with Crippen molar-refractivity contribution in [2.75, 3.05) is 19.8 Å². The summed E-state index contributed by atoms with van der Waals surface area (Å²) in [4.78, 5) is 0. The van der Waals surface area contributed by atoms with Crippen LogP contribution in [-0.2, 0) is 4.74 Å². The van der Waals surface area contributed by atoms with Gasteiger partial charge in [-0.2, -0.15) is 0 Å². The van der Waals surface area contributed by atoms with Crippen LogP contribution in [0.3, 0.4) is 0 Å². The molecule has 0 spiro atoms. The van der Waals surface area contributed by atoms with Gasteiger partial charge in [-0.3, -0.25) is 0 Å². The number of hydrogen-bond donors (Lipinski definition) is 1. The summed E-state index contributed by atoms with van der Waals surface area (Å²) >= 11 is 0. The highest BCUT2D eigenvalue weighted by atomic mass is 16.5. The van der Waals surface area contributed by atoms with E-state index in [2.05, 4.69) is 26.1 Å². The zero-order valence-corrected chi connectivity index (χ0v) is 11.3. The van der Waals surface area contributed by atoms with Gasteiger partial charge in [0.2, 0.25) is 0 Å². The smallest absolute Gasteiger partial charge is 0.0469 e. The van der Waals surface area contributed by atoms with Crippen molar-refractivity contribution in [3.63, 3.8) is 0 Å². The van der Waals surface area contributed by atoms with E-state index in [-0.39, 0.29) is 0 Å². The molecule has 0 aromatic rings. The molecule has 1 fully saturated rings. The van der Waals surface area contributed by atoms with E-state index in [1.54, 1.807) is 0 Å². The standard InChI is InChI=1S/C14H29NO/c1-4-9-15-14(12(5-2)6-3)13-7-10-16-11-8-13/h12-15H,4-11H2,1-3H3. The van der Waals surface area contributed by atoms with Gasteiger partial charge >= 0.3 is 0 Å². The largest absolute Gasteiger partial charge is 0.381 e. The van der Waals surface area contributed by atoms with E-state index in [0.29, 0.717) is 0 Å². The first-order chi connectivity index (χ1) is 7.83. The summed E-state index contributed by atoms with van der Waals surface area (Å²) in [5.74, 6) is 1.68. The van der Waals surface area contributed by atoms with Gasteiger partial charge in [0.1, 0.15) is 0 Å². The van der Waals surface area contributed by atoms with Crippen molar-refractivity contribution >= 4 is 0 Å². The molecule has 2 nitrogen and oxygen atoms in total. The quantitative estimate of drug-likeness (QED) is 0.721. The van der Waals surface area contributed by atoms with Crippen LogP contribution < -0.4 is 5.32 Å². The Morgan fingerprint density at radius 2 is 1.75 bits per heavy atom. The third-order valence-corrected chi connectivity index (χ3v) is 3.96. The van der Waals surface area contributed by atoms with E-state index >= 15 is 0 Å². The predicted molar refractivity (Wildman–Crippen MR) is 69.7 cm³/mol. The highest BCUT2D eigenvalue weighted by Gasteiger charge is 2.28. The molecule has 0 aromatic carbocycles. The van der Waals surface area contributed by atoms with Gasteiger partial charge in [-0.25, -0.2) is 0 Å². The van der Waals surface area contributed by atoms with Crippen molar-refractivity contribution in [2.45, 2.75) is 58.9 Å². The molecule has 1 aliphatic heterocycles. The van der Waals surface area contributed by atoms with Gasteiger partial charge in [0, 0.05) is 19.3 Å². The Bertz CT molecular complexity index is 162. The Morgan fingerprint density at radius 1 is 1.12 bits per heavy atom. The van der Waals surface area contributed by atoms with E-state index in [0.717, 1.165) is 31.1 Å². The fraction of sp³-hybridized carbons (Fsp3) is 1.00. The van der Waals surface area contributed by atoms with Gasteiger partial charge < -0.3 is 10.1 Å². The van der Waals surface area contributed by atoms with Crippen molar-refractivity contribution in [1.29, 1.82) is 0 Å². The lowest BCUT2D eigenvalue weighted by Gasteiger charge is -2.36. The van der Waals surface area contributed by atoms with Crippen LogP contribution in [0.15, 0.2) is 0 Å². The van der Waals surface area contributed by atoms with E-state index in [1.165, 1.54) is 38.6 Å². The van der Waals surface area contributed by atoms with Crippen LogP contribution in [0, 0.1) is 11.8 Å². The first kappa shape index (κ1) is 14.0. The SMILES string of the molecule is CCCNC(C(CC)CC)C1CCOCC1. The topological polar surface area (TPSA) is 21.3 Å². The molecule has 1 saturated heterocycles. The fourth-order valence-corrected chi connectivity index (χ4v) is 2.90. The number of hydrogen-bond acceptors (Lipinski definition) is 2. The van der Waals surface area contributed by atoms with Crippen LogP contribution in [0.2, 0.25) is 0 Å². The van der Waals surface area contributed by atoms with E-state index in [4.69, 9.17) is 4.74 Å². The van der Waals surface area contributed by atoms with Crippen LogP contribution in [-0.4, -0.2) is 25.8 Å². The molecule has 0 bridgehead atoms. The summed E-state index contributed by atoms with van der Waals surface area (Å²) in [7, 11) is 0. The molecule has 0 aliphatic carbocycles. The van der Waals surface area contributed by atoms with Crippen LogP contribution in [0.5, 0.6) is 0 Å². The van der Waals surface area contributed by atoms with E-state index < -0.39 is 0 Å². The summed E-state index contributed by atoms with van der Waals surface area (Å²) in [5.41, 5.74) is 0. The second-order valence-electron chi connectivity index (χ2n) is 5.01. The first-order valence-electron chi connectivity index (χ1n) is 7.14. The lowest BCUT2D eigenvalue weighted by molar-refractivity contribution is 0.0435. The number of ether oxygens (including phenoxy) is 1. The predicted octanol–water partition coefficient (Wildman–Crippen LogP) is 3.22. The van der Waals surface area contributed by atoms with Crippen molar-refractivity contribution in [3.8, 4) is 0 Å². The molecule has 16 heavy (non-hydrogen) atoms. The summed E-state index contributed by atoms with van der Waals surface area (Å²) in [6.07, 6.45) is 6.33. The normalized spacial score (nSPS) is 20.2. The molecular weight excluding hydrogens is 198 g/mol. The van der Waals surface area contributed by atoms with Crippen molar-refractivity contribution in [3.05, 3.63) is 0 Å². The lowest BCUT2D eigenvalue weighted by atomic mass is 9.81. The van der Waals surface area contributed by atoms with Gasteiger partial charge in [-0.1, -0.05) is 33.6 Å². The zero-order chi connectivity index (χ0) is 11.8. The van der Waals surface area contributed by atoms with Gasteiger partial charge in [0.15, 0.2) is 0 Å². The van der Waals surface area contributed by atoms with Gasteiger partial charge in [-0.05, 0) is 37.6 Å². The molecule has 1 atom stereocenters. The van der Waals surface area contributed by atoms with E-state index in [9.17, 15) is 0 Å². The van der Waals surface area contributed by atoms with Gasteiger partial charge in [0.25, 0.3) is 0 Å². The average Bonchev–Trinajstić information content (AvgIpc) is 2.35. The number of rotatable bonds is 7. The minimum Gasteiger partial charge on any atom is -0.381 e. The zero-order valence-electron chi connectivity index (χ0n) is 11.3. The molecule has 0 amide bonds. The summed E-state index contributed by atoms with van der Waals surface area (Å²) in [5, 5.41) is 3.79. The Kier molecular flexibility index (Phi) is 7.06. The molecular formula is C14H29NO. The average molecular weight is 227 g/mol. The summed E-state index contributed by atoms with van der Waals surface area (Å²) in [6.45, 7) is 10.0. The molecule has 96 valence electrons. The minimum atomic E-state index is 0.721. The monoisotopic (exact) mass is 227 g/mol. The minimum absolute atomic E-state index is 0.721. The molecule has 0 aromatic heterocycles. The summed E-state index contributed by atoms with van der Waals surface area (Å²) in [6, 6.07) is 0.721. The maximum atomic E-state index is 5.47. The Balaban J connectivity index is 2.52. The van der Waals surface area contributed by atoms with Crippen LogP contribution >= 0.6 is 0 Å². The maximum Gasteiger partial charge on any atom is 0.0469 e. The molecule has 2 heteroatoms. The molecule has 1 aliphatic rings. The highest BCUT2D eigenvalue weighted by Crippen LogP contribution is 2.27. The molecule has 0 radical (unpaired) electrons. The lowest BCUT2D eigenvalue weighted by Crippen LogP contribution is -2.44. The second-order valence-corrected chi connectivity index (χ2v) is 5.01. The Hall–Kier alpha value is -0.0800. The second kappa shape index (κ2) is 8.08. The van der Waals surface area contributed by atoms with Crippen LogP contribution in [0.25, 0.3) is 0 Å². The highest BCUT2D eigenvalue weighted by molar-refractivity contribution is 4.83. The van der Waals surface area contributed by atoms with Crippen molar-refractivity contribution in [2.24, 2.45) is 11.8 Å². The molecule has 1 rings (SSSR count). The Morgan fingerprint density at radius 3 is 2.25 bits per heavy atom. The van der Waals surface area contributed by atoms with Crippen LogP contribution in [0.1, 0.15) is 52.9 Å². The Labute approximate surface area is 101 Å². The fourth-order valence-electron chi connectivity index (χ4n) is 2.90. The third-order valence-electron chi connectivity index (χ3n) is 3.96.